The Morgan fingerprint density at radius 2 is 2.08 bits per heavy atom. The predicted molar refractivity (Wildman–Crippen MR) is 44.7 cm³/mol. The van der Waals surface area contributed by atoms with Crippen LogP contribution in [0.1, 0.15) is 17.9 Å². The molecule has 62 valence electrons. The molecule has 1 aliphatic rings. The molecule has 0 spiro atoms. The van der Waals surface area contributed by atoms with Gasteiger partial charge >= 0.3 is 0 Å². The number of hydrogen-bond acceptors (Lipinski definition) is 2. The molecule has 2 heteroatoms. The van der Waals surface area contributed by atoms with Gasteiger partial charge in [0, 0.05) is 5.92 Å². The van der Waals surface area contributed by atoms with Crippen LogP contribution in [0.25, 0.3) is 0 Å². The minimum absolute atomic E-state index is 0.130. The fourth-order valence-electron chi connectivity index (χ4n) is 1.44. The second kappa shape index (κ2) is 2.97. The quantitative estimate of drug-likeness (QED) is 0.632. The minimum atomic E-state index is 0.130. The summed E-state index contributed by atoms with van der Waals surface area (Å²) >= 11 is 0. The van der Waals surface area contributed by atoms with Crippen LogP contribution in [0.2, 0.25) is 0 Å². The summed E-state index contributed by atoms with van der Waals surface area (Å²) < 4.78 is 4.84. The first-order valence-electron chi connectivity index (χ1n) is 4.06. The molecule has 1 saturated carbocycles. The Hall–Kier alpha value is -1.31. The van der Waals surface area contributed by atoms with Gasteiger partial charge < -0.3 is 4.74 Å². The van der Waals surface area contributed by atoms with Crippen molar-refractivity contribution in [3.63, 3.8) is 0 Å². The smallest absolute Gasteiger partial charge is 0.293 e. The van der Waals surface area contributed by atoms with Crippen molar-refractivity contribution in [3.8, 4) is 0 Å². The summed E-state index contributed by atoms with van der Waals surface area (Å²) in [5, 5.41) is 0. The highest BCUT2D eigenvalue weighted by Gasteiger charge is 2.40. The van der Waals surface area contributed by atoms with Crippen LogP contribution in [0.4, 0.5) is 0 Å². The highest BCUT2D eigenvalue weighted by atomic mass is 16.5. The van der Waals surface area contributed by atoms with Crippen LogP contribution in [-0.4, -0.2) is 12.6 Å². The van der Waals surface area contributed by atoms with E-state index in [0.29, 0.717) is 12.4 Å². The van der Waals surface area contributed by atoms with E-state index < -0.39 is 0 Å². The Kier molecular flexibility index (Phi) is 1.82. The summed E-state index contributed by atoms with van der Waals surface area (Å²) in [4.78, 5) is 10.0. The van der Waals surface area contributed by atoms with Gasteiger partial charge in [-0.3, -0.25) is 4.79 Å². The highest BCUT2D eigenvalue weighted by Crippen LogP contribution is 2.42. The zero-order valence-corrected chi connectivity index (χ0v) is 6.64. The molecule has 0 amide bonds. The molecular weight excluding hydrogens is 152 g/mol. The van der Waals surface area contributed by atoms with E-state index >= 15 is 0 Å². The van der Waals surface area contributed by atoms with Crippen molar-refractivity contribution in [1.29, 1.82) is 0 Å². The van der Waals surface area contributed by atoms with E-state index in [9.17, 15) is 4.79 Å². The van der Waals surface area contributed by atoms with Crippen LogP contribution in [0.3, 0.4) is 0 Å². The Morgan fingerprint density at radius 1 is 1.33 bits per heavy atom. The maximum absolute atomic E-state index is 10.0. The molecule has 0 unspecified atom stereocenters. The fraction of sp³-hybridized carbons (Fsp3) is 0.300. The average molecular weight is 162 g/mol. The third kappa shape index (κ3) is 1.33. The topological polar surface area (TPSA) is 26.3 Å². The maximum Gasteiger partial charge on any atom is 0.293 e. The fourth-order valence-corrected chi connectivity index (χ4v) is 1.44. The summed E-state index contributed by atoms with van der Waals surface area (Å²) in [5.41, 5.74) is 1.27. The molecule has 2 atom stereocenters. The van der Waals surface area contributed by atoms with Gasteiger partial charge in [0.2, 0.25) is 0 Å². The molecule has 0 aliphatic heterocycles. The maximum atomic E-state index is 10.0. The first kappa shape index (κ1) is 7.35. The molecule has 12 heavy (non-hydrogen) atoms. The van der Waals surface area contributed by atoms with Crippen molar-refractivity contribution in [1.82, 2.24) is 0 Å². The number of carbonyl (C=O) groups excluding carboxylic acids is 1. The normalized spacial score (nSPS) is 26.3. The molecule has 0 bridgehead atoms. The lowest BCUT2D eigenvalue weighted by Crippen LogP contribution is -1.93. The molecule has 1 aromatic rings. The van der Waals surface area contributed by atoms with Gasteiger partial charge in [-0.2, -0.15) is 0 Å². The van der Waals surface area contributed by atoms with Gasteiger partial charge in [-0.1, -0.05) is 30.3 Å². The molecule has 0 radical (unpaired) electrons. The molecule has 0 N–H and O–H groups in total. The first-order valence-corrected chi connectivity index (χ1v) is 4.06. The second-order valence-electron chi connectivity index (χ2n) is 3.02. The van der Waals surface area contributed by atoms with Crippen LogP contribution in [0.5, 0.6) is 0 Å². The van der Waals surface area contributed by atoms with E-state index in [2.05, 4.69) is 12.1 Å². The summed E-state index contributed by atoms with van der Waals surface area (Å²) in [6.07, 6.45) is 1.10. The summed E-state index contributed by atoms with van der Waals surface area (Å²) in [5.74, 6) is 0.441. The number of ether oxygens (including phenoxy) is 1. The number of carbonyl (C=O) groups is 1. The van der Waals surface area contributed by atoms with Crippen molar-refractivity contribution in [2.24, 2.45) is 0 Å². The minimum Gasteiger partial charge on any atom is -0.464 e. The van der Waals surface area contributed by atoms with Gasteiger partial charge in [0.15, 0.2) is 0 Å². The Morgan fingerprint density at radius 3 is 2.75 bits per heavy atom. The summed E-state index contributed by atoms with van der Waals surface area (Å²) in [6.45, 7) is 0.535. The summed E-state index contributed by atoms with van der Waals surface area (Å²) in [6, 6.07) is 10.1. The van der Waals surface area contributed by atoms with E-state index in [1.54, 1.807) is 0 Å². The molecule has 1 fully saturated rings. The molecule has 1 aromatic carbocycles. The zero-order chi connectivity index (χ0) is 8.39. The van der Waals surface area contributed by atoms with Gasteiger partial charge in [0.05, 0.1) is 0 Å². The van der Waals surface area contributed by atoms with E-state index in [1.807, 2.05) is 18.2 Å². The lowest BCUT2D eigenvalue weighted by atomic mass is 10.1. The van der Waals surface area contributed by atoms with E-state index in [1.165, 1.54) is 5.56 Å². The molecule has 1 aliphatic carbocycles. The monoisotopic (exact) mass is 162 g/mol. The van der Waals surface area contributed by atoms with Crippen molar-refractivity contribution in [2.45, 2.75) is 18.4 Å². The lowest BCUT2D eigenvalue weighted by molar-refractivity contribution is -0.129. The summed E-state index contributed by atoms with van der Waals surface area (Å²) in [7, 11) is 0. The van der Waals surface area contributed by atoms with Crippen molar-refractivity contribution in [2.75, 3.05) is 0 Å². The third-order valence-electron chi connectivity index (χ3n) is 2.19. The van der Waals surface area contributed by atoms with E-state index in [0.717, 1.165) is 6.42 Å². The van der Waals surface area contributed by atoms with Gasteiger partial charge in [0.25, 0.3) is 6.47 Å². The van der Waals surface area contributed by atoms with Gasteiger partial charge in [-0.15, -0.1) is 0 Å². The average Bonchev–Trinajstić information content (AvgIpc) is 2.87. The molecule has 0 aromatic heterocycles. The van der Waals surface area contributed by atoms with E-state index in [4.69, 9.17) is 4.74 Å². The van der Waals surface area contributed by atoms with Crippen molar-refractivity contribution < 1.29 is 9.53 Å². The number of benzene rings is 1. The van der Waals surface area contributed by atoms with Gasteiger partial charge in [0.1, 0.15) is 6.10 Å². The van der Waals surface area contributed by atoms with Crippen LogP contribution in [0, 0.1) is 0 Å². The standard InChI is InChI=1S/C10H10O2/c11-7-12-10-6-9(10)8-4-2-1-3-5-8/h1-5,7,9-10H,6H2/t9-,10-/m1/s1. The Bertz CT molecular complexity index is 268. The predicted octanol–water partition coefficient (Wildman–Crippen LogP) is 1.72. The van der Waals surface area contributed by atoms with Crippen molar-refractivity contribution >= 4 is 6.47 Å². The van der Waals surface area contributed by atoms with Crippen LogP contribution >= 0.6 is 0 Å². The molecule has 2 rings (SSSR count). The van der Waals surface area contributed by atoms with Crippen molar-refractivity contribution in [3.05, 3.63) is 35.9 Å². The van der Waals surface area contributed by atoms with E-state index in [-0.39, 0.29) is 6.10 Å². The van der Waals surface area contributed by atoms with Crippen LogP contribution < -0.4 is 0 Å². The Labute approximate surface area is 71.2 Å². The molecular formula is C10H10O2. The second-order valence-corrected chi connectivity index (χ2v) is 3.02. The van der Waals surface area contributed by atoms with Crippen LogP contribution in [-0.2, 0) is 9.53 Å². The zero-order valence-electron chi connectivity index (χ0n) is 6.64. The van der Waals surface area contributed by atoms with Gasteiger partial charge in [-0.25, -0.2) is 0 Å². The number of rotatable bonds is 3. The molecule has 0 heterocycles. The first-order chi connectivity index (χ1) is 5.92. The van der Waals surface area contributed by atoms with Crippen LogP contribution in [0.15, 0.2) is 30.3 Å². The largest absolute Gasteiger partial charge is 0.464 e. The number of hydrogen-bond donors (Lipinski definition) is 0. The SMILES string of the molecule is O=CO[C@@H]1C[C@@H]1c1ccccc1. The lowest BCUT2D eigenvalue weighted by Gasteiger charge is -1.97. The molecule has 2 nitrogen and oxygen atoms in total. The highest BCUT2D eigenvalue weighted by molar-refractivity contribution is 5.40. The van der Waals surface area contributed by atoms with Gasteiger partial charge in [-0.05, 0) is 12.0 Å². The third-order valence-corrected chi connectivity index (χ3v) is 2.19. The molecule has 0 saturated heterocycles. The Balaban J connectivity index is 2.01.